The zero-order valence-electron chi connectivity index (χ0n) is 22.7. The van der Waals surface area contributed by atoms with Crippen LogP contribution in [0.15, 0.2) is 77.8 Å². The third-order valence-electron chi connectivity index (χ3n) is 6.20. The van der Waals surface area contributed by atoms with E-state index in [1.165, 1.54) is 33.1 Å². The first-order valence-electron chi connectivity index (χ1n) is 12.5. The summed E-state index contributed by atoms with van der Waals surface area (Å²) in [4.78, 5) is 19.5. The lowest BCUT2D eigenvalue weighted by Gasteiger charge is -2.23. The molecule has 0 saturated carbocycles. The van der Waals surface area contributed by atoms with Gasteiger partial charge < -0.3 is 19.9 Å². The lowest BCUT2D eigenvalue weighted by Crippen LogP contribution is -2.26. The molecule has 0 atom stereocenters. The van der Waals surface area contributed by atoms with Gasteiger partial charge >= 0.3 is 0 Å². The first-order valence-corrected chi connectivity index (χ1v) is 13.5. The number of benzene rings is 3. The molecule has 1 aromatic heterocycles. The number of carbonyl (C=O) groups is 1. The third kappa shape index (κ3) is 6.03. The fourth-order valence-electron chi connectivity index (χ4n) is 4.35. The normalized spacial score (nSPS) is 10.3. The van der Waals surface area contributed by atoms with Crippen molar-refractivity contribution in [1.29, 1.82) is 10.5 Å². The molecule has 0 radical (unpaired) electrons. The summed E-state index contributed by atoms with van der Waals surface area (Å²) in [6, 6.07) is 26.3. The van der Waals surface area contributed by atoms with Gasteiger partial charge in [0.25, 0.3) is 0 Å². The van der Waals surface area contributed by atoms with Crippen LogP contribution in [0.4, 0.5) is 17.2 Å². The summed E-state index contributed by atoms with van der Waals surface area (Å²) in [6.45, 7) is 0. The summed E-state index contributed by atoms with van der Waals surface area (Å²) >= 11 is 1.22. The Kier molecular flexibility index (Phi) is 9.31. The number of nitrogens with two attached hydrogens (primary N) is 1. The summed E-state index contributed by atoms with van der Waals surface area (Å²) in [5, 5.41) is 20.4. The molecular formula is C31H27N5O4S. The molecule has 2 N–H and O–H groups in total. The smallest absolute Gasteiger partial charge is 0.232 e. The highest BCUT2D eigenvalue weighted by molar-refractivity contribution is 7.99. The Morgan fingerprint density at radius 1 is 0.878 bits per heavy atom. The lowest BCUT2D eigenvalue weighted by molar-refractivity contribution is -0.117. The zero-order chi connectivity index (χ0) is 29.4. The highest BCUT2D eigenvalue weighted by Crippen LogP contribution is 2.44. The number of nitrogen functional groups attached to an aromatic ring is 1. The van der Waals surface area contributed by atoms with E-state index in [-0.39, 0.29) is 29.3 Å². The van der Waals surface area contributed by atoms with Crippen LogP contribution in [-0.2, 0) is 4.79 Å². The van der Waals surface area contributed by atoms with Crippen molar-refractivity contribution in [3.05, 3.63) is 83.9 Å². The average molecular weight is 566 g/mol. The molecule has 0 aliphatic rings. The molecule has 41 heavy (non-hydrogen) atoms. The minimum Gasteiger partial charge on any atom is -0.493 e. The first kappa shape index (κ1) is 28.8. The second-order valence-corrected chi connectivity index (χ2v) is 9.65. The highest BCUT2D eigenvalue weighted by Gasteiger charge is 2.24. The number of ether oxygens (including phenoxy) is 3. The van der Waals surface area contributed by atoms with Gasteiger partial charge in [0.1, 0.15) is 28.5 Å². The van der Waals surface area contributed by atoms with Gasteiger partial charge in [0.15, 0.2) is 11.5 Å². The van der Waals surface area contributed by atoms with Gasteiger partial charge in [-0.1, -0.05) is 36.4 Å². The molecule has 206 valence electrons. The van der Waals surface area contributed by atoms with Crippen molar-refractivity contribution in [3.63, 3.8) is 0 Å². The van der Waals surface area contributed by atoms with E-state index in [4.69, 9.17) is 19.9 Å². The number of thioether (sulfide) groups is 1. The van der Waals surface area contributed by atoms with Crippen LogP contribution < -0.4 is 24.8 Å². The van der Waals surface area contributed by atoms with Crippen molar-refractivity contribution >= 4 is 34.9 Å². The van der Waals surface area contributed by atoms with E-state index in [1.807, 2.05) is 60.7 Å². The molecule has 0 fully saturated rings. The molecule has 10 heteroatoms. The van der Waals surface area contributed by atoms with Gasteiger partial charge in [0, 0.05) is 29.1 Å². The number of nitriles is 2. The van der Waals surface area contributed by atoms with Crippen molar-refractivity contribution in [1.82, 2.24) is 4.98 Å². The predicted octanol–water partition coefficient (Wildman–Crippen LogP) is 5.95. The van der Waals surface area contributed by atoms with Gasteiger partial charge in [-0.2, -0.15) is 10.5 Å². The van der Waals surface area contributed by atoms with Crippen LogP contribution in [-0.4, -0.2) is 38.0 Å². The molecule has 0 aliphatic heterocycles. The minimum atomic E-state index is -0.125. The van der Waals surface area contributed by atoms with E-state index in [0.717, 1.165) is 11.4 Å². The van der Waals surface area contributed by atoms with Crippen molar-refractivity contribution in [2.45, 2.75) is 11.4 Å². The number of rotatable bonds is 10. The molecule has 3 aromatic carbocycles. The molecule has 0 spiro atoms. The Morgan fingerprint density at radius 2 is 1.41 bits per heavy atom. The van der Waals surface area contributed by atoms with Crippen LogP contribution in [0, 0.1) is 22.7 Å². The lowest BCUT2D eigenvalue weighted by atomic mass is 9.96. The largest absolute Gasteiger partial charge is 0.493 e. The molecule has 4 rings (SSSR count). The van der Waals surface area contributed by atoms with Crippen molar-refractivity contribution in [2.75, 3.05) is 37.7 Å². The predicted molar refractivity (Wildman–Crippen MR) is 159 cm³/mol. The van der Waals surface area contributed by atoms with Crippen LogP contribution >= 0.6 is 11.8 Å². The van der Waals surface area contributed by atoms with Gasteiger partial charge in [-0.15, -0.1) is 11.8 Å². The number of anilines is 3. The van der Waals surface area contributed by atoms with Gasteiger partial charge in [0.05, 0.1) is 26.9 Å². The van der Waals surface area contributed by atoms with Gasteiger partial charge in [-0.25, -0.2) is 4.98 Å². The number of nitrogens with zero attached hydrogens (tertiary/aromatic N) is 4. The SMILES string of the molecule is COc1cc(-c2c(C#N)c(N)nc(SCCC(=O)N(c3ccccc3)c3ccccc3)c2C#N)cc(OC)c1OC. The molecular weight excluding hydrogens is 538 g/mol. The first-order chi connectivity index (χ1) is 20.0. The second kappa shape index (κ2) is 13.2. The standard InChI is InChI=1S/C31H27N5O4S/c1-38-25-16-20(17-26(39-2)29(25)40-3)28-23(18-32)30(34)35-31(24(28)19-33)41-15-14-27(37)36(21-10-6-4-7-11-21)22-12-8-5-9-13-22/h4-13,16-17H,14-15H2,1-3H3,(H2,34,35). The van der Waals surface area contributed by atoms with E-state index < -0.39 is 0 Å². The quantitative estimate of drug-likeness (QED) is 0.232. The Bertz CT molecular complexity index is 1570. The Morgan fingerprint density at radius 3 is 1.88 bits per heavy atom. The molecule has 0 unspecified atom stereocenters. The molecule has 1 amide bonds. The van der Waals surface area contributed by atoms with Crippen LogP contribution in [0.25, 0.3) is 11.1 Å². The number of pyridine rings is 1. The van der Waals surface area contributed by atoms with Crippen LogP contribution in [0.1, 0.15) is 17.5 Å². The number of hydrogen-bond acceptors (Lipinski definition) is 9. The number of amides is 1. The Balaban J connectivity index is 1.68. The monoisotopic (exact) mass is 565 g/mol. The van der Waals surface area contributed by atoms with E-state index in [2.05, 4.69) is 17.1 Å². The van der Waals surface area contributed by atoms with Crippen molar-refractivity contribution in [2.24, 2.45) is 0 Å². The highest BCUT2D eigenvalue weighted by atomic mass is 32.2. The van der Waals surface area contributed by atoms with Crippen LogP contribution in [0.5, 0.6) is 17.2 Å². The van der Waals surface area contributed by atoms with E-state index in [1.54, 1.807) is 17.0 Å². The maximum absolute atomic E-state index is 13.5. The number of methoxy groups -OCH3 is 3. The average Bonchev–Trinajstić information content (AvgIpc) is 3.01. The summed E-state index contributed by atoms with van der Waals surface area (Å²) < 4.78 is 16.4. The molecule has 1 heterocycles. The maximum atomic E-state index is 13.5. The number of aromatic nitrogens is 1. The molecule has 0 aliphatic carbocycles. The zero-order valence-corrected chi connectivity index (χ0v) is 23.6. The third-order valence-corrected chi connectivity index (χ3v) is 7.18. The summed E-state index contributed by atoms with van der Waals surface area (Å²) in [5.74, 6) is 1.24. The Hall–Kier alpha value is -5.19. The number of hydrogen-bond donors (Lipinski definition) is 1. The van der Waals surface area contributed by atoms with Crippen LogP contribution in [0.2, 0.25) is 0 Å². The molecule has 0 saturated heterocycles. The minimum absolute atomic E-state index is 0.0284. The Labute approximate surface area is 242 Å². The van der Waals surface area contributed by atoms with Gasteiger partial charge in [-0.05, 0) is 42.0 Å². The topological polar surface area (TPSA) is 134 Å². The van der Waals surface area contributed by atoms with E-state index in [9.17, 15) is 15.3 Å². The fourth-order valence-corrected chi connectivity index (χ4v) is 5.28. The molecule has 4 aromatic rings. The summed E-state index contributed by atoms with van der Waals surface area (Å²) in [7, 11) is 4.44. The summed E-state index contributed by atoms with van der Waals surface area (Å²) in [5.41, 5.74) is 8.68. The van der Waals surface area contributed by atoms with Crippen molar-refractivity contribution in [3.8, 4) is 40.5 Å². The summed E-state index contributed by atoms with van der Waals surface area (Å²) in [6.07, 6.45) is 0.153. The number of para-hydroxylation sites is 2. The molecule has 0 bridgehead atoms. The maximum Gasteiger partial charge on any atom is 0.232 e. The van der Waals surface area contributed by atoms with E-state index >= 15 is 0 Å². The molecule has 9 nitrogen and oxygen atoms in total. The fraction of sp³-hybridized carbons (Fsp3) is 0.161. The number of carbonyl (C=O) groups excluding carboxylic acids is 1. The van der Waals surface area contributed by atoms with Crippen LogP contribution in [0.3, 0.4) is 0 Å². The second-order valence-electron chi connectivity index (χ2n) is 8.56. The van der Waals surface area contributed by atoms with Gasteiger partial charge in [-0.3, -0.25) is 9.69 Å². The van der Waals surface area contributed by atoms with E-state index in [0.29, 0.717) is 39.2 Å². The van der Waals surface area contributed by atoms with Gasteiger partial charge in [0.2, 0.25) is 11.7 Å². The van der Waals surface area contributed by atoms with Crippen molar-refractivity contribution < 1.29 is 19.0 Å².